The average Bonchev–Trinajstić information content (AvgIpc) is 3.41. The number of rotatable bonds is 7. The molecule has 7 nitrogen and oxygen atoms in total. The Kier molecular flexibility index (Phi) is 6.44. The maximum absolute atomic E-state index is 12.4. The lowest BCUT2D eigenvalue weighted by Gasteiger charge is -2.14. The Labute approximate surface area is 180 Å². The number of aromatic nitrogens is 4. The standard InChI is InChI=1S/C22H25N5O2S/c1-15-8-9-19(16(2)12-15)27-21(18-7-3-4-10-23-18)25-26-22(27)30-14-20(28)24-13-17-6-5-11-29-17/h3-4,7-10,12,17H,5-6,11,13-14H2,1-2H3,(H,24,28). The predicted octanol–water partition coefficient (Wildman–Crippen LogP) is 3.33. The van der Waals surface area contributed by atoms with E-state index in [1.54, 1.807) is 6.20 Å². The van der Waals surface area contributed by atoms with Gasteiger partial charge in [-0.25, -0.2) is 0 Å². The minimum atomic E-state index is -0.0370. The van der Waals surface area contributed by atoms with E-state index in [-0.39, 0.29) is 17.8 Å². The van der Waals surface area contributed by atoms with Gasteiger partial charge in [0.2, 0.25) is 5.91 Å². The highest BCUT2D eigenvalue weighted by atomic mass is 32.2. The Hall–Kier alpha value is -2.71. The summed E-state index contributed by atoms with van der Waals surface area (Å²) in [6, 6.07) is 12.0. The molecular formula is C22H25N5O2S. The van der Waals surface area contributed by atoms with Gasteiger partial charge in [0.25, 0.3) is 0 Å². The van der Waals surface area contributed by atoms with Gasteiger partial charge in [0, 0.05) is 19.3 Å². The van der Waals surface area contributed by atoms with Crippen LogP contribution in [0, 0.1) is 13.8 Å². The van der Waals surface area contributed by atoms with Crippen LogP contribution in [0.4, 0.5) is 0 Å². The van der Waals surface area contributed by atoms with Crippen LogP contribution >= 0.6 is 11.8 Å². The van der Waals surface area contributed by atoms with E-state index in [2.05, 4.69) is 52.5 Å². The molecule has 3 aromatic rings. The van der Waals surface area contributed by atoms with Gasteiger partial charge in [0.15, 0.2) is 11.0 Å². The molecule has 1 saturated heterocycles. The second-order valence-corrected chi connectivity index (χ2v) is 8.32. The van der Waals surface area contributed by atoms with E-state index >= 15 is 0 Å². The van der Waals surface area contributed by atoms with Gasteiger partial charge in [0.05, 0.1) is 17.5 Å². The monoisotopic (exact) mass is 423 g/mol. The quantitative estimate of drug-likeness (QED) is 0.587. The number of carbonyl (C=O) groups excluding carboxylic acids is 1. The van der Waals surface area contributed by atoms with Crippen molar-refractivity contribution in [2.75, 3.05) is 18.9 Å². The molecule has 4 rings (SSSR count). The van der Waals surface area contributed by atoms with Crippen molar-refractivity contribution >= 4 is 17.7 Å². The van der Waals surface area contributed by atoms with Crippen LogP contribution in [-0.4, -0.2) is 50.7 Å². The molecule has 0 bridgehead atoms. The minimum absolute atomic E-state index is 0.0370. The summed E-state index contributed by atoms with van der Waals surface area (Å²) < 4.78 is 7.54. The number of pyridine rings is 1. The Balaban J connectivity index is 1.56. The van der Waals surface area contributed by atoms with Gasteiger partial charge < -0.3 is 10.1 Å². The number of carbonyl (C=O) groups is 1. The normalized spacial score (nSPS) is 16.0. The third kappa shape index (κ3) is 4.71. The largest absolute Gasteiger partial charge is 0.376 e. The smallest absolute Gasteiger partial charge is 0.230 e. The lowest BCUT2D eigenvalue weighted by atomic mass is 10.1. The summed E-state index contributed by atoms with van der Waals surface area (Å²) in [7, 11) is 0. The van der Waals surface area contributed by atoms with Crippen LogP contribution in [0.3, 0.4) is 0 Å². The highest BCUT2D eigenvalue weighted by Crippen LogP contribution is 2.29. The molecule has 1 aliphatic heterocycles. The van der Waals surface area contributed by atoms with E-state index in [0.29, 0.717) is 17.5 Å². The molecule has 1 unspecified atom stereocenters. The Morgan fingerprint density at radius 1 is 1.27 bits per heavy atom. The fourth-order valence-corrected chi connectivity index (χ4v) is 4.29. The molecule has 0 radical (unpaired) electrons. The molecule has 8 heteroatoms. The fraction of sp³-hybridized carbons (Fsp3) is 0.364. The van der Waals surface area contributed by atoms with Gasteiger partial charge in [-0.05, 0) is 50.5 Å². The lowest BCUT2D eigenvalue weighted by Crippen LogP contribution is -2.32. The van der Waals surface area contributed by atoms with Gasteiger partial charge in [-0.2, -0.15) is 0 Å². The van der Waals surface area contributed by atoms with E-state index < -0.39 is 0 Å². The summed E-state index contributed by atoms with van der Waals surface area (Å²) in [5.41, 5.74) is 4.01. The Bertz CT molecular complexity index is 1020. The maximum atomic E-state index is 12.4. The second kappa shape index (κ2) is 9.40. The van der Waals surface area contributed by atoms with Crippen molar-refractivity contribution in [3.8, 4) is 17.2 Å². The molecule has 0 spiro atoms. The second-order valence-electron chi connectivity index (χ2n) is 7.37. The van der Waals surface area contributed by atoms with Gasteiger partial charge in [-0.15, -0.1) is 10.2 Å². The number of hydrogen-bond acceptors (Lipinski definition) is 6. The third-order valence-corrected chi connectivity index (χ3v) is 5.93. The van der Waals surface area contributed by atoms with Crippen molar-refractivity contribution in [1.82, 2.24) is 25.1 Å². The van der Waals surface area contributed by atoms with Crippen LogP contribution in [0.25, 0.3) is 17.2 Å². The summed E-state index contributed by atoms with van der Waals surface area (Å²) in [6.45, 7) is 5.47. The molecule has 0 saturated carbocycles. The first kappa shape index (κ1) is 20.6. The Morgan fingerprint density at radius 2 is 2.17 bits per heavy atom. The molecule has 1 fully saturated rings. The first-order valence-corrected chi connectivity index (χ1v) is 11.1. The SMILES string of the molecule is Cc1ccc(-n2c(SCC(=O)NCC3CCCO3)nnc2-c2ccccn2)c(C)c1. The van der Waals surface area contributed by atoms with Gasteiger partial charge in [-0.3, -0.25) is 14.3 Å². The van der Waals surface area contributed by atoms with E-state index in [4.69, 9.17) is 4.74 Å². The molecule has 30 heavy (non-hydrogen) atoms. The minimum Gasteiger partial charge on any atom is -0.376 e. The maximum Gasteiger partial charge on any atom is 0.230 e. The zero-order chi connectivity index (χ0) is 20.9. The van der Waals surface area contributed by atoms with Crippen molar-refractivity contribution in [1.29, 1.82) is 0 Å². The van der Waals surface area contributed by atoms with Crippen molar-refractivity contribution in [2.24, 2.45) is 0 Å². The van der Waals surface area contributed by atoms with Crippen molar-refractivity contribution in [3.05, 3.63) is 53.7 Å². The molecule has 1 aromatic carbocycles. The fourth-order valence-electron chi connectivity index (χ4n) is 3.51. The van der Waals surface area contributed by atoms with Gasteiger partial charge >= 0.3 is 0 Å². The summed E-state index contributed by atoms with van der Waals surface area (Å²) in [5.74, 6) is 0.882. The van der Waals surface area contributed by atoms with Crippen LogP contribution in [0.2, 0.25) is 0 Å². The number of hydrogen-bond donors (Lipinski definition) is 1. The first-order chi connectivity index (χ1) is 14.6. The van der Waals surface area contributed by atoms with E-state index in [1.165, 1.54) is 17.3 Å². The van der Waals surface area contributed by atoms with Crippen molar-refractivity contribution in [2.45, 2.75) is 37.9 Å². The lowest BCUT2D eigenvalue weighted by molar-refractivity contribution is -0.119. The van der Waals surface area contributed by atoms with Crippen molar-refractivity contribution < 1.29 is 9.53 Å². The Morgan fingerprint density at radius 3 is 2.90 bits per heavy atom. The van der Waals surface area contributed by atoms with E-state index in [1.807, 2.05) is 22.8 Å². The number of nitrogens with one attached hydrogen (secondary N) is 1. The van der Waals surface area contributed by atoms with Crippen LogP contribution in [0.1, 0.15) is 24.0 Å². The molecule has 1 N–H and O–H groups in total. The molecular weight excluding hydrogens is 398 g/mol. The molecule has 156 valence electrons. The third-order valence-electron chi connectivity index (χ3n) is 5.00. The number of thioether (sulfide) groups is 1. The molecule has 3 heterocycles. The van der Waals surface area contributed by atoms with Crippen molar-refractivity contribution in [3.63, 3.8) is 0 Å². The van der Waals surface area contributed by atoms with E-state index in [9.17, 15) is 4.79 Å². The number of benzene rings is 1. The van der Waals surface area contributed by atoms with Crippen LogP contribution in [-0.2, 0) is 9.53 Å². The zero-order valence-electron chi connectivity index (χ0n) is 17.2. The highest BCUT2D eigenvalue weighted by molar-refractivity contribution is 7.99. The summed E-state index contributed by atoms with van der Waals surface area (Å²) in [4.78, 5) is 16.8. The summed E-state index contributed by atoms with van der Waals surface area (Å²) >= 11 is 1.37. The molecule has 1 amide bonds. The van der Waals surface area contributed by atoms with Gasteiger partial charge in [0.1, 0.15) is 5.69 Å². The van der Waals surface area contributed by atoms with E-state index in [0.717, 1.165) is 36.4 Å². The first-order valence-electron chi connectivity index (χ1n) is 10.1. The number of nitrogens with zero attached hydrogens (tertiary/aromatic N) is 4. The molecule has 0 aliphatic carbocycles. The predicted molar refractivity (Wildman–Crippen MR) is 117 cm³/mol. The summed E-state index contributed by atoms with van der Waals surface area (Å²) in [6.07, 6.45) is 3.93. The topological polar surface area (TPSA) is 81.9 Å². The van der Waals surface area contributed by atoms with Gasteiger partial charge in [-0.1, -0.05) is 35.5 Å². The molecule has 2 aromatic heterocycles. The number of amides is 1. The highest BCUT2D eigenvalue weighted by Gasteiger charge is 2.20. The number of aryl methyl sites for hydroxylation is 2. The van der Waals surface area contributed by atoms with Crippen LogP contribution in [0.15, 0.2) is 47.8 Å². The molecule has 1 atom stereocenters. The number of ether oxygens (including phenoxy) is 1. The summed E-state index contributed by atoms with van der Waals surface area (Å²) in [5, 5.41) is 12.4. The van der Waals surface area contributed by atoms with Crippen LogP contribution < -0.4 is 5.32 Å². The molecule has 1 aliphatic rings. The average molecular weight is 424 g/mol. The zero-order valence-corrected chi connectivity index (χ0v) is 18.0. The van der Waals surface area contributed by atoms with Crippen LogP contribution in [0.5, 0.6) is 0 Å².